The van der Waals surface area contributed by atoms with E-state index in [0.717, 1.165) is 11.1 Å². The molecule has 0 bridgehead atoms. The number of nitriles is 1. The molecule has 0 atom stereocenters. The molecule has 2 amide bonds. The highest BCUT2D eigenvalue weighted by Gasteiger charge is 2.66. The Balaban J connectivity index is 0.000000288. The van der Waals surface area contributed by atoms with Crippen LogP contribution in [0.3, 0.4) is 0 Å². The topological polar surface area (TPSA) is 334 Å². The van der Waals surface area contributed by atoms with Gasteiger partial charge in [0.05, 0.1) is 17.8 Å². The number of carbonyl (C=O) groups excluding carboxylic acids is 8. The van der Waals surface area contributed by atoms with Crippen LogP contribution in [0, 0.1) is 31.8 Å². The van der Waals surface area contributed by atoms with Crippen molar-refractivity contribution in [2.24, 2.45) is 42.7 Å². The van der Waals surface area contributed by atoms with Crippen molar-refractivity contribution in [2.45, 2.75) is 43.9 Å². The van der Waals surface area contributed by atoms with Crippen LogP contribution >= 0.6 is 0 Å². The van der Waals surface area contributed by atoms with Crippen molar-refractivity contribution in [1.82, 2.24) is 9.97 Å². The first-order valence-corrected chi connectivity index (χ1v) is 19.4. The van der Waals surface area contributed by atoms with Crippen LogP contribution < -0.4 is 22.1 Å². The van der Waals surface area contributed by atoms with E-state index in [9.17, 15) is 45.5 Å². The van der Waals surface area contributed by atoms with Crippen molar-refractivity contribution in [2.75, 3.05) is 4.90 Å². The third kappa shape index (κ3) is 13.7. The Morgan fingerprint density at radius 3 is 1.65 bits per heavy atom. The lowest BCUT2D eigenvalue weighted by Gasteiger charge is -2.18. The monoisotopic (exact) mass is 995 g/mol. The molecule has 0 radical (unpaired) electrons. The Labute approximate surface area is 400 Å². The number of aliphatic imine (C=N–C) groups is 1. The third-order valence-electron chi connectivity index (χ3n) is 9.35. The summed E-state index contributed by atoms with van der Waals surface area (Å²) in [5, 5.41) is 20.4. The molecular weight excluding hydrogens is 965 g/mol. The lowest BCUT2D eigenvalue weighted by Crippen LogP contribution is -2.30. The van der Waals surface area contributed by atoms with Gasteiger partial charge in [-0.05, 0) is 49.2 Å². The number of aromatic nitrogens is 2. The predicted molar refractivity (Wildman–Crippen MR) is 232 cm³/mol. The van der Waals surface area contributed by atoms with Crippen LogP contribution in [0.4, 0.5) is 43.5 Å². The molecule has 8 rings (SSSR count). The number of aldehydes is 1. The maximum absolute atomic E-state index is 13.3. The minimum absolute atomic E-state index is 0.0483. The van der Waals surface area contributed by atoms with Crippen molar-refractivity contribution in [3.63, 3.8) is 0 Å². The van der Waals surface area contributed by atoms with Crippen LogP contribution in [-0.2, 0) is 46.5 Å². The minimum Gasteiger partial charge on any atom is -0.398 e. The number of aryl methyl sites for hydroxylation is 2. The fourth-order valence-electron chi connectivity index (χ4n) is 5.93. The Morgan fingerprint density at radius 2 is 1.26 bits per heavy atom. The van der Waals surface area contributed by atoms with Crippen LogP contribution in [0.5, 0.6) is 0 Å². The number of anilines is 2. The highest BCUT2D eigenvalue weighted by Crippen LogP contribution is 2.53. The lowest BCUT2D eigenvalue weighted by atomic mass is 10.0. The third-order valence-corrected chi connectivity index (χ3v) is 9.35. The molecule has 5 aromatic rings. The van der Waals surface area contributed by atoms with E-state index >= 15 is 0 Å². The average molecular weight is 996 g/mol. The van der Waals surface area contributed by atoms with E-state index in [-0.39, 0.29) is 64.6 Å². The number of rotatable bonds is 7. The number of hydrogen-bond donors (Lipinski definition) is 3. The second-order valence-electron chi connectivity index (χ2n) is 14.1. The summed E-state index contributed by atoms with van der Waals surface area (Å²) in [4.78, 5) is 93.8. The van der Waals surface area contributed by atoms with Crippen molar-refractivity contribution < 1.29 is 64.7 Å². The van der Waals surface area contributed by atoms with Gasteiger partial charge in [-0.1, -0.05) is 79.4 Å². The van der Waals surface area contributed by atoms with Crippen molar-refractivity contribution in [1.29, 1.82) is 5.26 Å². The number of isocyanates is 1. The van der Waals surface area contributed by atoms with Crippen LogP contribution in [0.25, 0.3) is 16.2 Å². The SMILES string of the molecule is Cc1cccc(N2C(=O)Cc3c(C(N)=O)nc(-c4ccc(C5(C(F)(F)F)N=N5)cc4)nc32)c1.Cc1cccc(N=C=O)c1.O=C=O.O=C=O.O=Cc1ccc(C2(C(F)(F)F)N=N2)cc1.[C-]#[N+]/C(N)=C(/N)C#N. The Kier molecular flexibility index (Phi) is 18.9. The van der Waals surface area contributed by atoms with Gasteiger partial charge in [0.25, 0.3) is 11.7 Å². The fraction of sp³-hybridized carbons (Fsp3) is 0.156. The number of alkyl halides is 6. The first-order chi connectivity index (χ1) is 34.0. The summed E-state index contributed by atoms with van der Waals surface area (Å²) < 4.78 is 77.3. The number of nitrogens with two attached hydrogens (primary N) is 3. The number of halogens is 6. The summed E-state index contributed by atoms with van der Waals surface area (Å²) in [6, 6.07) is 26.4. The van der Waals surface area contributed by atoms with E-state index in [1.165, 1.54) is 65.6 Å². The molecule has 366 valence electrons. The molecule has 1 aromatic heterocycles. The van der Waals surface area contributed by atoms with Crippen LogP contribution in [-0.4, -0.2) is 58.8 Å². The predicted octanol–water partition coefficient (Wildman–Crippen LogP) is 6.94. The van der Waals surface area contributed by atoms with E-state index in [1.54, 1.807) is 24.3 Å². The fourth-order valence-corrected chi connectivity index (χ4v) is 5.93. The standard InChI is InChI=1S/C22H15F3N6O2.C9H5F3N2O.C8H7NO.C4H4N4.2CO2/c1-11-3-2-4-14(9-11)31-16(32)10-15-17(18(26)33)27-19(28-20(15)31)12-5-7-13(8-6-12)21(29-30-21)22(23,24)25;10-9(11,12)8(13-14-8)7-3-1-6(5-15)2-4-7;1-7-3-2-4-8(5-7)9-6-10;1-8-4(7)3(6)2-5;2*2-1-3/h2-9H,10H2,1H3,(H2,26,33);1-5H;2-5H,1H3;6-7H2;;/b;;;4-3+;;. The first kappa shape index (κ1) is 56.1. The molecule has 0 unspecified atom stereocenters. The number of hydrogen-bond acceptors (Lipinski definition) is 18. The molecule has 0 saturated carbocycles. The summed E-state index contributed by atoms with van der Waals surface area (Å²) in [5.74, 6) is -1.12. The molecule has 4 heterocycles. The molecule has 72 heavy (non-hydrogen) atoms. The molecule has 4 aromatic carbocycles. The number of nitrogens with zero attached hydrogens (tertiary/aromatic N) is 10. The molecular formula is C45H31F6N13O8. The zero-order valence-electron chi connectivity index (χ0n) is 36.8. The summed E-state index contributed by atoms with van der Waals surface area (Å²) >= 11 is 0. The summed E-state index contributed by atoms with van der Waals surface area (Å²) in [7, 11) is 0. The van der Waals surface area contributed by atoms with Crippen LogP contribution in [0.15, 0.2) is 134 Å². The maximum atomic E-state index is 13.3. The molecule has 6 N–H and O–H groups in total. The summed E-state index contributed by atoms with van der Waals surface area (Å²) in [5.41, 5.74) is 14.0. The zero-order chi connectivity index (χ0) is 54.0. The average Bonchev–Trinajstić information content (AvgIpc) is 4.28. The highest BCUT2D eigenvalue weighted by molar-refractivity contribution is 6.09. The van der Waals surface area contributed by atoms with Crippen LogP contribution in [0.2, 0.25) is 0 Å². The van der Waals surface area contributed by atoms with E-state index in [1.807, 2.05) is 38.1 Å². The van der Waals surface area contributed by atoms with Gasteiger partial charge >= 0.3 is 36.0 Å². The second kappa shape index (κ2) is 24.2. The second-order valence-corrected chi connectivity index (χ2v) is 14.1. The van der Waals surface area contributed by atoms with Gasteiger partial charge in [-0.25, -0.2) is 14.8 Å². The molecule has 0 saturated heterocycles. The lowest BCUT2D eigenvalue weighted by molar-refractivity contribution is -0.193. The number of carbonyl (C=O) groups is 3. The van der Waals surface area contributed by atoms with E-state index in [2.05, 4.69) is 40.3 Å². The van der Waals surface area contributed by atoms with Gasteiger partial charge in [0, 0.05) is 27.8 Å². The summed E-state index contributed by atoms with van der Waals surface area (Å²) in [6.45, 7) is 10.1. The van der Waals surface area contributed by atoms with Gasteiger partial charge in [-0.2, -0.15) is 55.8 Å². The number of primary amides is 1. The van der Waals surface area contributed by atoms with Gasteiger partial charge in [-0.15, -0.1) is 20.5 Å². The van der Waals surface area contributed by atoms with Crippen LogP contribution in [0.1, 0.15) is 48.7 Å². The molecule has 27 heteroatoms. The van der Waals surface area contributed by atoms with Gasteiger partial charge in [0.15, 0.2) is 5.82 Å². The number of benzene rings is 4. The Bertz CT molecular complexity index is 3100. The Hall–Kier alpha value is -10.2. The van der Waals surface area contributed by atoms with Gasteiger partial charge < -0.3 is 22.0 Å². The van der Waals surface area contributed by atoms with E-state index in [4.69, 9.17) is 48.2 Å². The van der Waals surface area contributed by atoms with E-state index in [0.29, 0.717) is 34.4 Å². The quantitative estimate of drug-likeness (QED) is 0.0372. The molecule has 0 spiro atoms. The largest absolute Gasteiger partial charge is 0.442 e. The van der Waals surface area contributed by atoms with Crippen molar-refractivity contribution in [3.05, 3.63) is 159 Å². The Morgan fingerprint density at radius 1 is 0.778 bits per heavy atom. The van der Waals surface area contributed by atoms with Crippen molar-refractivity contribution in [3.8, 4) is 17.5 Å². The van der Waals surface area contributed by atoms with Gasteiger partial charge in [0.1, 0.15) is 29.6 Å². The van der Waals surface area contributed by atoms with Gasteiger partial charge in [0.2, 0.25) is 12.0 Å². The number of allylic oxidation sites excluding steroid dienone is 1. The smallest absolute Gasteiger partial charge is 0.398 e. The molecule has 3 aliphatic rings. The van der Waals surface area contributed by atoms with Gasteiger partial charge in [-0.3, -0.25) is 19.3 Å². The zero-order valence-corrected chi connectivity index (χ0v) is 36.8. The number of amides is 2. The highest BCUT2D eigenvalue weighted by atomic mass is 19.4. The summed E-state index contributed by atoms with van der Waals surface area (Å²) in [6.07, 6.45) is -6.72. The van der Waals surface area contributed by atoms with E-state index < -0.39 is 29.6 Å². The first-order valence-electron chi connectivity index (χ1n) is 19.4. The normalized spacial score (nSPS) is 13.6. The molecule has 3 aliphatic heterocycles. The number of fused-ring (bicyclic) bond motifs is 1. The molecule has 21 nitrogen and oxygen atoms in total. The molecule has 0 aliphatic carbocycles. The minimum atomic E-state index is -4.65. The molecule has 0 fully saturated rings. The van der Waals surface area contributed by atoms with Crippen molar-refractivity contribution >= 4 is 53.7 Å². The maximum Gasteiger partial charge on any atom is 0.442 e.